The van der Waals surface area contributed by atoms with E-state index < -0.39 is 0 Å². The van der Waals surface area contributed by atoms with Gasteiger partial charge in [0.05, 0.1) is 25.6 Å². The van der Waals surface area contributed by atoms with Crippen LogP contribution < -0.4 is 0 Å². The number of carbonyl (C=O) groups is 1. The van der Waals surface area contributed by atoms with E-state index in [1.165, 1.54) is 70.6 Å². The number of rotatable bonds is 23. The van der Waals surface area contributed by atoms with Crippen molar-refractivity contribution in [1.82, 2.24) is 0 Å². The molecule has 0 radical (unpaired) electrons. The van der Waals surface area contributed by atoms with Crippen LogP contribution in [0.15, 0.2) is 0 Å². The van der Waals surface area contributed by atoms with Crippen LogP contribution in [0.5, 0.6) is 0 Å². The quantitative estimate of drug-likeness (QED) is 0.0988. The van der Waals surface area contributed by atoms with Gasteiger partial charge in [0.25, 0.3) is 0 Å². The number of unbranched alkanes of at least 4 members (excludes halogenated alkanes) is 12. The summed E-state index contributed by atoms with van der Waals surface area (Å²) in [6, 6.07) is 0. The van der Waals surface area contributed by atoms with Gasteiger partial charge in [0, 0.05) is 6.42 Å². The molecule has 0 heterocycles. The number of hydrogen-bond donors (Lipinski definition) is 2. The SMILES string of the molecule is CCCCCCCCCCCCCCCC(=O)OCC[N+](CCO)(CCO)CCCl. The molecule has 0 aliphatic rings. The number of aliphatic hydroxyl groups is 2. The smallest absolute Gasteiger partial charge is 0.305 e. The predicted octanol–water partition coefficient (Wildman–Crippen LogP) is 5.05. The van der Waals surface area contributed by atoms with Crippen LogP contribution in [0.2, 0.25) is 0 Å². The van der Waals surface area contributed by atoms with Crippen LogP contribution in [0.4, 0.5) is 0 Å². The molecular weight excluding hydrogens is 402 g/mol. The molecule has 0 fully saturated rings. The van der Waals surface area contributed by atoms with E-state index in [4.69, 9.17) is 16.3 Å². The van der Waals surface area contributed by atoms with E-state index in [1.807, 2.05) is 0 Å². The highest BCUT2D eigenvalue weighted by molar-refractivity contribution is 6.17. The van der Waals surface area contributed by atoms with E-state index in [1.54, 1.807) is 0 Å². The van der Waals surface area contributed by atoms with Gasteiger partial charge in [-0.15, -0.1) is 11.6 Å². The van der Waals surface area contributed by atoms with Crippen LogP contribution in [0.3, 0.4) is 0 Å². The monoisotopic (exact) mass is 450 g/mol. The van der Waals surface area contributed by atoms with Crippen LogP contribution in [0, 0.1) is 0 Å². The van der Waals surface area contributed by atoms with Crippen molar-refractivity contribution in [3.8, 4) is 0 Å². The van der Waals surface area contributed by atoms with Gasteiger partial charge in [0.2, 0.25) is 0 Å². The Labute approximate surface area is 190 Å². The van der Waals surface area contributed by atoms with Crippen LogP contribution >= 0.6 is 11.6 Å². The lowest BCUT2D eigenvalue weighted by molar-refractivity contribution is -0.926. The standard InChI is InChI=1S/C24H49ClNO4/c1-2-3-4-5-6-7-8-9-10-11-12-13-14-15-24(29)30-23-20-26(17-16-25,18-21-27)19-22-28/h27-28H,2-23H2,1H3/q+1. The molecule has 0 aromatic rings. The van der Waals surface area contributed by atoms with Crippen LogP contribution in [-0.4, -0.2) is 72.5 Å². The Morgan fingerprint density at radius 3 is 1.63 bits per heavy atom. The van der Waals surface area contributed by atoms with Gasteiger partial charge in [-0.3, -0.25) is 4.79 Å². The topological polar surface area (TPSA) is 66.8 Å². The van der Waals surface area contributed by atoms with Crippen molar-refractivity contribution in [1.29, 1.82) is 0 Å². The molecule has 0 rings (SSSR count). The highest BCUT2D eigenvalue weighted by Gasteiger charge is 2.26. The molecule has 0 aliphatic heterocycles. The second kappa shape index (κ2) is 21.9. The molecule has 30 heavy (non-hydrogen) atoms. The first-order valence-electron chi connectivity index (χ1n) is 12.4. The average molecular weight is 451 g/mol. The Kier molecular flexibility index (Phi) is 21.6. The molecule has 0 bridgehead atoms. The molecule has 0 amide bonds. The number of quaternary nitrogens is 1. The number of hydrogen-bond acceptors (Lipinski definition) is 4. The maximum atomic E-state index is 11.9. The summed E-state index contributed by atoms with van der Waals surface area (Å²) in [6.07, 6.45) is 17.3. The third kappa shape index (κ3) is 17.3. The van der Waals surface area contributed by atoms with E-state index >= 15 is 0 Å². The molecular formula is C24H49ClNO4+. The Morgan fingerprint density at radius 1 is 0.733 bits per heavy atom. The normalized spacial score (nSPS) is 11.7. The number of carbonyl (C=O) groups excluding carboxylic acids is 1. The molecule has 0 spiro atoms. The van der Waals surface area contributed by atoms with Gasteiger partial charge in [0.15, 0.2) is 0 Å². The fraction of sp³-hybridized carbons (Fsp3) is 0.958. The molecule has 0 unspecified atom stereocenters. The van der Waals surface area contributed by atoms with E-state index in [-0.39, 0.29) is 19.2 Å². The zero-order valence-corrected chi connectivity index (χ0v) is 20.3. The van der Waals surface area contributed by atoms with Gasteiger partial charge in [-0.1, -0.05) is 84.0 Å². The van der Waals surface area contributed by atoms with Gasteiger partial charge in [0.1, 0.15) is 26.2 Å². The first kappa shape index (κ1) is 29.6. The summed E-state index contributed by atoms with van der Waals surface area (Å²) < 4.78 is 5.87. The first-order chi connectivity index (χ1) is 14.6. The van der Waals surface area contributed by atoms with Crippen LogP contribution in [0.1, 0.15) is 96.8 Å². The van der Waals surface area contributed by atoms with Gasteiger partial charge in [-0.25, -0.2) is 0 Å². The van der Waals surface area contributed by atoms with Crippen LogP contribution in [0.25, 0.3) is 0 Å². The minimum atomic E-state index is -0.143. The van der Waals surface area contributed by atoms with Crippen molar-refractivity contribution < 1.29 is 24.2 Å². The molecule has 0 aliphatic carbocycles. The minimum absolute atomic E-state index is 0.0315. The Morgan fingerprint density at radius 2 is 1.20 bits per heavy atom. The highest BCUT2D eigenvalue weighted by atomic mass is 35.5. The second-order valence-electron chi connectivity index (χ2n) is 8.59. The molecule has 0 saturated heterocycles. The van der Waals surface area contributed by atoms with E-state index in [0.717, 1.165) is 12.8 Å². The van der Waals surface area contributed by atoms with E-state index in [9.17, 15) is 15.0 Å². The van der Waals surface area contributed by atoms with Gasteiger partial charge >= 0.3 is 5.97 Å². The zero-order valence-electron chi connectivity index (χ0n) is 19.6. The van der Waals surface area contributed by atoms with Crippen molar-refractivity contribution in [2.24, 2.45) is 0 Å². The number of halogens is 1. The highest BCUT2D eigenvalue weighted by Crippen LogP contribution is 2.13. The first-order valence-corrected chi connectivity index (χ1v) is 13.0. The number of alkyl halides is 1. The summed E-state index contributed by atoms with van der Waals surface area (Å²) in [6.45, 7) is 4.91. The number of ether oxygens (including phenoxy) is 1. The molecule has 0 atom stereocenters. The largest absolute Gasteiger partial charge is 0.460 e. The fourth-order valence-electron chi connectivity index (χ4n) is 3.99. The average Bonchev–Trinajstić information content (AvgIpc) is 2.72. The van der Waals surface area contributed by atoms with Crippen molar-refractivity contribution in [2.75, 3.05) is 51.9 Å². The molecule has 5 nitrogen and oxygen atoms in total. The molecule has 0 saturated carbocycles. The van der Waals surface area contributed by atoms with Crippen molar-refractivity contribution >= 4 is 17.6 Å². The summed E-state index contributed by atoms with van der Waals surface area (Å²) in [7, 11) is 0. The lowest BCUT2D eigenvalue weighted by Crippen LogP contribution is -2.54. The maximum absolute atomic E-state index is 11.9. The number of nitrogens with zero attached hydrogens (tertiary/aromatic N) is 1. The lowest BCUT2D eigenvalue weighted by Gasteiger charge is -2.37. The summed E-state index contributed by atoms with van der Waals surface area (Å²) >= 11 is 5.88. The number of esters is 1. The molecule has 0 aromatic heterocycles. The molecule has 2 N–H and O–H groups in total. The van der Waals surface area contributed by atoms with Crippen molar-refractivity contribution in [2.45, 2.75) is 96.8 Å². The van der Waals surface area contributed by atoms with Crippen molar-refractivity contribution in [3.05, 3.63) is 0 Å². The van der Waals surface area contributed by atoms with Crippen molar-refractivity contribution in [3.63, 3.8) is 0 Å². The van der Waals surface area contributed by atoms with Crippen LogP contribution in [-0.2, 0) is 9.53 Å². The third-order valence-corrected chi connectivity index (χ3v) is 6.19. The Hall–Kier alpha value is -0.360. The summed E-state index contributed by atoms with van der Waals surface area (Å²) in [5, 5.41) is 18.6. The lowest BCUT2D eigenvalue weighted by atomic mass is 10.0. The Bertz CT molecular complexity index is 365. The Balaban J connectivity index is 3.62. The molecule has 0 aromatic carbocycles. The summed E-state index contributed by atoms with van der Waals surface area (Å²) in [4.78, 5) is 11.9. The summed E-state index contributed by atoms with van der Waals surface area (Å²) in [5.74, 6) is 0.308. The van der Waals surface area contributed by atoms with Gasteiger partial charge in [-0.05, 0) is 6.42 Å². The molecule has 6 heteroatoms. The fourth-order valence-corrected chi connectivity index (χ4v) is 4.35. The summed E-state index contributed by atoms with van der Waals surface area (Å²) in [5.41, 5.74) is 0. The number of aliphatic hydroxyl groups excluding tert-OH is 2. The van der Waals surface area contributed by atoms with Gasteiger partial charge < -0.3 is 19.4 Å². The van der Waals surface area contributed by atoms with E-state index in [2.05, 4.69) is 6.92 Å². The minimum Gasteiger partial charge on any atom is -0.460 e. The van der Waals surface area contributed by atoms with E-state index in [0.29, 0.717) is 49.6 Å². The zero-order chi connectivity index (χ0) is 22.3. The van der Waals surface area contributed by atoms with Gasteiger partial charge in [-0.2, -0.15) is 0 Å². The third-order valence-electron chi connectivity index (χ3n) is 6.02. The maximum Gasteiger partial charge on any atom is 0.305 e. The second-order valence-corrected chi connectivity index (χ2v) is 8.96. The molecule has 180 valence electrons. The predicted molar refractivity (Wildman–Crippen MR) is 126 cm³/mol.